The largest absolute Gasteiger partial charge is 0.419 e. The van der Waals surface area contributed by atoms with Crippen molar-refractivity contribution in [1.29, 1.82) is 0 Å². The Hall–Kier alpha value is -2.34. The number of rotatable bonds is 3. The normalized spacial score (nSPS) is 15.0. The molecular formula is C16H18N2O4. The van der Waals surface area contributed by atoms with Gasteiger partial charge in [0.05, 0.1) is 19.4 Å². The number of carbonyl (C=O) groups excluding carboxylic acids is 1. The van der Waals surface area contributed by atoms with Gasteiger partial charge in [0.15, 0.2) is 5.76 Å². The molecule has 2 heterocycles. The number of nitrogens with zero attached hydrogens (tertiary/aromatic N) is 2. The second-order valence-corrected chi connectivity index (χ2v) is 5.35. The molecule has 0 saturated carbocycles. The molecule has 1 aliphatic rings. The first-order chi connectivity index (χ1) is 10.6. The van der Waals surface area contributed by atoms with Gasteiger partial charge in [-0.1, -0.05) is 29.8 Å². The SMILES string of the molecule is Cc1ccc(-c2cn(CC(=O)N3CCOCC3)c(=O)o2)cc1. The van der Waals surface area contributed by atoms with Crippen molar-refractivity contribution in [1.82, 2.24) is 9.47 Å². The number of oxazole rings is 1. The Morgan fingerprint density at radius 2 is 1.86 bits per heavy atom. The van der Waals surface area contributed by atoms with E-state index in [-0.39, 0.29) is 12.5 Å². The topological polar surface area (TPSA) is 64.7 Å². The highest BCUT2D eigenvalue weighted by Gasteiger charge is 2.19. The van der Waals surface area contributed by atoms with Crippen LogP contribution in [0.3, 0.4) is 0 Å². The lowest BCUT2D eigenvalue weighted by Gasteiger charge is -2.26. The van der Waals surface area contributed by atoms with E-state index in [1.165, 1.54) is 4.57 Å². The fourth-order valence-corrected chi connectivity index (χ4v) is 2.39. The lowest BCUT2D eigenvalue weighted by atomic mass is 10.1. The molecule has 0 spiro atoms. The molecule has 1 aromatic carbocycles. The van der Waals surface area contributed by atoms with Gasteiger partial charge < -0.3 is 14.1 Å². The van der Waals surface area contributed by atoms with Crippen LogP contribution in [0.5, 0.6) is 0 Å². The number of benzene rings is 1. The Balaban J connectivity index is 1.76. The van der Waals surface area contributed by atoms with E-state index in [1.807, 2.05) is 31.2 Å². The van der Waals surface area contributed by atoms with Gasteiger partial charge in [-0.2, -0.15) is 0 Å². The molecule has 3 rings (SSSR count). The summed E-state index contributed by atoms with van der Waals surface area (Å²) >= 11 is 0. The van der Waals surface area contributed by atoms with Crippen molar-refractivity contribution in [3.05, 3.63) is 46.6 Å². The van der Waals surface area contributed by atoms with E-state index in [0.29, 0.717) is 32.1 Å². The van der Waals surface area contributed by atoms with Crippen molar-refractivity contribution in [3.63, 3.8) is 0 Å². The van der Waals surface area contributed by atoms with Crippen LogP contribution >= 0.6 is 0 Å². The van der Waals surface area contributed by atoms with Crippen molar-refractivity contribution in [2.24, 2.45) is 0 Å². The third kappa shape index (κ3) is 3.12. The van der Waals surface area contributed by atoms with Crippen LogP contribution in [0.4, 0.5) is 0 Å². The molecule has 0 radical (unpaired) electrons. The summed E-state index contributed by atoms with van der Waals surface area (Å²) in [4.78, 5) is 25.8. The fraction of sp³-hybridized carbons (Fsp3) is 0.375. The average Bonchev–Trinajstić information content (AvgIpc) is 2.90. The van der Waals surface area contributed by atoms with E-state index in [9.17, 15) is 9.59 Å². The highest BCUT2D eigenvalue weighted by molar-refractivity contribution is 5.76. The smallest absolute Gasteiger partial charge is 0.408 e. The zero-order valence-electron chi connectivity index (χ0n) is 12.4. The van der Waals surface area contributed by atoms with Crippen molar-refractivity contribution in [2.45, 2.75) is 13.5 Å². The van der Waals surface area contributed by atoms with Crippen LogP contribution in [0.25, 0.3) is 11.3 Å². The molecule has 1 fully saturated rings. The van der Waals surface area contributed by atoms with Gasteiger partial charge in [-0.25, -0.2) is 4.79 Å². The number of amides is 1. The maximum atomic E-state index is 12.2. The minimum Gasteiger partial charge on any atom is -0.408 e. The number of carbonyl (C=O) groups is 1. The number of aromatic nitrogens is 1. The summed E-state index contributed by atoms with van der Waals surface area (Å²) in [7, 11) is 0. The molecule has 116 valence electrons. The molecule has 1 aromatic heterocycles. The first kappa shape index (κ1) is 14.6. The summed E-state index contributed by atoms with van der Waals surface area (Å²) in [5, 5.41) is 0. The fourth-order valence-electron chi connectivity index (χ4n) is 2.39. The van der Waals surface area contributed by atoms with Crippen LogP contribution in [0, 0.1) is 6.92 Å². The zero-order valence-corrected chi connectivity index (χ0v) is 12.4. The average molecular weight is 302 g/mol. The molecule has 1 aliphatic heterocycles. The third-order valence-electron chi connectivity index (χ3n) is 3.71. The maximum Gasteiger partial charge on any atom is 0.419 e. The van der Waals surface area contributed by atoms with Gasteiger partial charge in [0.25, 0.3) is 0 Å². The molecule has 22 heavy (non-hydrogen) atoms. The van der Waals surface area contributed by atoms with Gasteiger partial charge in [0.2, 0.25) is 5.91 Å². The molecule has 2 aromatic rings. The molecule has 0 unspecified atom stereocenters. The summed E-state index contributed by atoms with van der Waals surface area (Å²) in [6.07, 6.45) is 1.59. The number of aryl methyl sites for hydroxylation is 1. The molecular weight excluding hydrogens is 284 g/mol. The molecule has 6 nitrogen and oxygen atoms in total. The van der Waals surface area contributed by atoms with Crippen LogP contribution in [0.1, 0.15) is 5.56 Å². The Labute approximate surface area is 127 Å². The number of ether oxygens (including phenoxy) is 1. The lowest BCUT2D eigenvalue weighted by Crippen LogP contribution is -2.43. The molecule has 0 aliphatic carbocycles. The number of hydrogen-bond acceptors (Lipinski definition) is 4. The van der Waals surface area contributed by atoms with Crippen molar-refractivity contribution < 1.29 is 13.9 Å². The van der Waals surface area contributed by atoms with Crippen LogP contribution in [-0.4, -0.2) is 41.7 Å². The highest BCUT2D eigenvalue weighted by Crippen LogP contribution is 2.18. The van der Waals surface area contributed by atoms with Gasteiger partial charge in [-0.15, -0.1) is 0 Å². The molecule has 0 bridgehead atoms. The number of morpholine rings is 1. The Morgan fingerprint density at radius 3 is 2.55 bits per heavy atom. The van der Waals surface area contributed by atoms with E-state index in [1.54, 1.807) is 11.1 Å². The zero-order chi connectivity index (χ0) is 15.5. The van der Waals surface area contributed by atoms with Crippen LogP contribution in [-0.2, 0) is 16.1 Å². The molecule has 0 N–H and O–H groups in total. The molecule has 0 atom stereocenters. The van der Waals surface area contributed by atoms with Crippen molar-refractivity contribution >= 4 is 5.91 Å². The third-order valence-corrected chi connectivity index (χ3v) is 3.71. The quantitative estimate of drug-likeness (QED) is 0.856. The van der Waals surface area contributed by atoms with Gasteiger partial charge in [0, 0.05) is 18.7 Å². The second kappa shape index (κ2) is 6.19. The van der Waals surface area contributed by atoms with Crippen LogP contribution < -0.4 is 5.76 Å². The summed E-state index contributed by atoms with van der Waals surface area (Å²) in [6, 6.07) is 7.68. The minimum absolute atomic E-state index is 0.00576. The Kier molecular flexibility index (Phi) is 4.11. The maximum absolute atomic E-state index is 12.2. The van der Waals surface area contributed by atoms with Crippen LogP contribution in [0.2, 0.25) is 0 Å². The van der Waals surface area contributed by atoms with Gasteiger partial charge in [-0.3, -0.25) is 9.36 Å². The Morgan fingerprint density at radius 1 is 1.18 bits per heavy atom. The van der Waals surface area contributed by atoms with E-state index in [0.717, 1.165) is 11.1 Å². The number of hydrogen-bond donors (Lipinski definition) is 0. The standard InChI is InChI=1S/C16H18N2O4/c1-12-2-4-13(5-3-12)14-10-18(16(20)22-14)11-15(19)17-6-8-21-9-7-17/h2-5,10H,6-9,11H2,1H3. The van der Waals surface area contributed by atoms with E-state index >= 15 is 0 Å². The first-order valence-electron chi connectivity index (χ1n) is 7.26. The van der Waals surface area contributed by atoms with E-state index < -0.39 is 5.76 Å². The van der Waals surface area contributed by atoms with Crippen molar-refractivity contribution in [2.75, 3.05) is 26.3 Å². The highest BCUT2D eigenvalue weighted by atomic mass is 16.5. The Bertz CT molecular complexity index is 708. The van der Waals surface area contributed by atoms with E-state index in [4.69, 9.17) is 9.15 Å². The predicted molar refractivity (Wildman–Crippen MR) is 80.5 cm³/mol. The van der Waals surface area contributed by atoms with Gasteiger partial charge in [0.1, 0.15) is 6.54 Å². The summed E-state index contributed by atoms with van der Waals surface area (Å²) in [5.74, 6) is -0.140. The predicted octanol–water partition coefficient (Wildman–Crippen LogP) is 1.28. The molecule has 1 amide bonds. The van der Waals surface area contributed by atoms with Crippen molar-refractivity contribution in [3.8, 4) is 11.3 Å². The summed E-state index contributed by atoms with van der Waals surface area (Å²) in [6.45, 7) is 4.20. The second-order valence-electron chi connectivity index (χ2n) is 5.35. The van der Waals surface area contributed by atoms with E-state index in [2.05, 4.69) is 0 Å². The summed E-state index contributed by atoms with van der Waals surface area (Å²) in [5.41, 5.74) is 1.95. The summed E-state index contributed by atoms with van der Waals surface area (Å²) < 4.78 is 11.8. The lowest BCUT2D eigenvalue weighted by molar-refractivity contribution is -0.136. The van der Waals surface area contributed by atoms with Crippen LogP contribution in [0.15, 0.2) is 39.7 Å². The van der Waals surface area contributed by atoms with Gasteiger partial charge >= 0.3 is 5.76 Å². The minimum atomic E-state index is -0.516. The molecule has 6 heteroatoms. The molecule has 1 saturated heterocycles. The van der Waals surface area contributed by atoms with Gasteiger partial charge in [-0.05, 0) is 6.92 Å². The monoisotopic (exact) mass is 302 g/mol. The first-order valence-corrected chi connectivity index (χ1v) is 7.26.